The molecule has 0 N–H and O–H groups in total. The molecular weight excluding hydrogens is 490 g/mol. The highest BCUT2D eigenvalue weighted by atomic mass is 79.9. The van der Waals surface area contributed by atoms with E-state index in [2.05, 4.69) is 15.9 Å². The Morgan fingerprint density at radius 2 is 1.62 bits per heavy atom. The Morgan fingerprint density at radius 3 is 2.44 bits per heavy atom. The van der Waals surface area contributed by atoms with Crippen LogP contribution in [0.3, 0.4) is 0 Å². The second kappa shape index (κ2) is 10.5. The summed E-state index contributed by atoms with van der Waals surface area (Å²) < 4.78 is 12.4. The van der Waals surface area contributed by atoms with Crippen LogP contribution in [0.15, 0.2) is 88.2 Å². The van der Waals surface area contributed by atoms with Crippen LogP contribution in [0.1, 0.15) is 11.1 Å². The Morgan fingerprint density at radius 1 is 0.875 bits per heavy atom. The molecule has 1 fully saturated rings. The molecule has 0 aromatic heterocycles. The molecule has 4 rings (SSSR count). The van der Waals surface area contributed by atoms with Crippen molar-refractivity contribution in [3.05, 3.63) is 99.4 Å². The van der Waals surface area contributed by atoms with E-state index >= 15 is 0 Å². The van der Waals surface area contributed by atoms with Crippen LogP contribution in [0.4, 0.5) is 4.79 Å². The molecule has 1 aliphatic heterocycles. The summed E-state index contributed by atoms with van der Waals surface area (Å²) in [5.41, 5.74) is 1.62. The van der Waals surface area contributed by atoms with Gasteiger partial charge in [-0.2, -0.15) is 0 Å². The topological polar surface area (TPSA) is 55.8 Å². The minimum Gasteiger partial charge on any atom is -0.490 e. The zero-order valence-electron chi connectivity index (χ0n) is 17.1. The highest BCUT2D eigenvalue weighted by molar-refractivity contribution is 9.10. The lowest BCUT2D eigenvalue weighted by molar-refractivity contribution is -0.123. The van der Waals surface area contributed by atoms with Crippen molar-refractivity contribution >= 4 is 44.9 Å². The van der Waals surface area contributed by atoms with Crippen LogP contribution in [0.5, 0.6) is 11.5 Å². The third kappa shape index (κ3) is 5.60. The Hall–Kier alpha value is -3.03. The molecule has 0 bridgehead atoms. The van der Waals surface area contributed by atoms with Gasteiger partial charge < -0.3 is 9.47 Å². The molecule has 0 radical (unpaired) electrons. The fourth-order valence-corrected chi connectivity index (χ4v) is 4.43. The van der Waals surface area contributed by atoms with Crippen LogP contribution >= 0.6 is 27.7 Å². The van der Waals surface area contributed by atoms with Crippen molar-refractivity contribution in [2.24, 2.45) is 0 Å². The Balaban J connectivity index is 1.42. The van der Waals surface area contributed by atoms with E-state index in [9.17, 15) is 9.59 Å². The minimum absolute atomic E-state index is 0.233. The number of thioether (sulfide) groups is 1. The van der Waals surface area contributed by atoms with Gasteiger partial charge in [-0.15, -0.1) is 0 Å². The zero-order valence-corrected chi connectivity index (χ0v) is 19.5. The van der Waals surface area contributed by atoms with E-state index in [1.807, 2.05) is 78.9 Å². The molecule has 3 aromatic carbocycles. The van der Waals surface area contributed by atoms with Crippen LogP contribution in [0, 0.1) is 0 Å². The van der Waals surface area contributed by atoms with E-state index < -0.39 is 0 Å². The largest absolute Gasteiger partial charge is 0.490 e. The molecule has 2 amide bonds. The van der Waals surface area contributed by atoms with Gasteiger partial charge in [0, 0.05) is 10.0 Å². The van der Waals surface area contributed by atoms with E-state index in [0.29, 0.717) is 23.9 Å². The third-order valence-electron chi connectivity index (χ3n) is 4.66. The Labute approximate surface area is 199 Å². The van der Waals surface area contributed by atoms with Gasteiger partial charge >= 0.3 is 0 Å². The standard InChI is InChI=1S/C25H20BrNO4S/c26-20-9-6-7-18(15-20)17-27-24(28)23(32-25(27)29)16-19-8-4-5-12-22(19)31-14-13-30-21-10-2-1-3-11-21/h1-12,15-16H,13-14,17H2/b23-16+. The fourth-order valence-electron chi connectivity index (χ4n) is 3.15. The molecule has 162 valence electrons. The highest BCUT2D eigenvalue weighted by Crippen LogP contribution is 2.35. The predicted octanol–water partition coefficient (Wildman–Crippen LogP) is 6.14. The first-order chi connectivity index (χ1) is 15.6. The monoisotopic (exact) mass is 509 g/mol. The summed E-state index contributed by atoms with van der Waals surface area (Å²) in [7, 11) is 0. The summed E-state index contributed by atoms with van der Waals surface area (Å²) in [5, 5.41) is -0.282. The number of ether oxygens (including phenoxy) is 2. The molecule has 3 aromatic rings. The van der Waals surface area contributed by atoms with Gasteiger partial charge in [0.25, 0.3) is 11.1 Å². The van der Waals surface area contributed by atoms with Crippen molar-refractivity contribution in [2.45, 2.75) is 6.54 Å². The molecule has 0 atom stereocenters. The van der Waals surface area contributed by atoms with Gasteiger partial charge in [0.1, 0.15) is 24.7 Å². The maximum Gasteiger partial charge on any atom is 0.293 e. The third-order valence-corrected chi connectivity index (χ3v) is 6.06. The lowest BCUT2D eigenvalue weighted by Gasteiger charge is -2.13. The van der Waals surface area contributed by atoms with E-state index in [4.69, 9.17) is 9.47 Å². The van der Waals surface area contributed by atoms with Gasteiger partial charge in [0.15, 0.2) is 0 Å². The molecule has 7 heteroatoms. The number of carbonyl (C=O) groups excluding carboxylic acids is 2. The average Bonchev–Trinajstić information content (AvgIpc) is 3.06. The SMILES string of the molecule is O=C1S/C(=C/c2ccccc2OCCOc2ccccc2)C(=O)N1Cc1cccc(Br)c1. The van der Waals surface area contributed by atoms with E-state index in [-0.39, 0.29) is 17.7 Å². The van der Waals surface area contributed by atoms with E-state index in [1.54, 1.807) is 6.08 Å². The summed E-state index contributed by atoms with van der Waals surface area (Å²) in [6.07, 6.45) is 1.71. The van der Waals surface area contributed by atoms with Crippen LogP contribution in [-0.4, -0.2) is 29.3 Å². The number of nitrogens with zero attached hydrogens (tertiary/aromatic N) is 1. The maximum atomic E-state index is 12.9. The summed E-state index contributed by atoms with van der Waals surface area (Å²) in [4.78, 5) is 27.0. The molecule has 0 saturated carbocycles. The van der Waals surface area contributed by atoms with Gasteiger partial charge in [0.2, 0.25) is 0 Å². The van der Waals surface area contributed by atoms with Crippen LogP contribution in [0.2, 0.25) is 0 Å². The van der Waals surface area contributed by atoms with Crippen molar-refractivity contribution < 1.29 is 19.1 Å². The van der Waals surface area contributed by atoms with Crippen molar-refractivity contribution in [3.63, 3.8) is 0 Å². The number of imide groups is 1. The quantitative estimate of drug-likeness (QED) is 0.269. The summed E-state index contributed by atoms with van der Waals surface area (Å²) in [6.45, 7) is 0.974. The van der Waals surface area contributed by atoms with Gasteiger partial charge in [0.05, 0.1) is 11.4 Å². The first-order valence-electron chi connectivity index (χ1n) is 9.99. The van der Waals surface area contributed by atoms with Gasteiger partial charge in [-0.05, 0) is 53.7 Å². The summed E-state index contributed by atoms with van der Waals surface area (Å²) >= 11 is 4.36. The first kappa shape index (κ1) is 22.2. The lowest BCUT2D eigenvalue weighted by Crippen LogP contribution is -2.27. The van der Waals surface area contributed by atoms with Crippen LogP contribution in [0.25, 0.3) is 6.08 Å². The molecule has 1 heterocycles. The molecule has 1 aliphatic rings. The Bertz CT molecular complexity index is 1150. The number of halogens is 1. The molecular formula is C25H20BrNO4S. The molecule has 1 saturated heterocycles. The fraction of sp³-hybridized carbons (Fsp3) is 0.120. The number of hydrogen-bond donors (Lipinski definition) is 0. The van der Waals surface area contributed by atoms with Crippen LogP contribution in [-0.2, 0) is 11.3 Å². The minimum atomic E-state index is -0.304. The second-order valence-electron chi connectivity index (χ2n) is 6.95. The molecule has 0 spiro atoms. The number of amides is 2. The average molecular weight is 510 g/mol. The second-order valence-corrected chi connectivity index (χ2v) is 8.85. The molecule has 5 nitrogen and oxygen atoms in total. The van der Waals surface area contributed by atoms with Crippen molar-refractivity contribution in [1.82, 2.24) is 4.90 Å². The summed E-state index contributed by atoms with van der Waals surface area (Å²) in [5.74, 6) is 1.11. The number of hydrogen-bond acceptors (Lipinski definition) is 5. The smallest absolute Gasteiger partial charge is 0.293 e. The molecule has 0 unspecified atom stereocenters. The predicted molar refractivity (Wildman–Crippen MR) is 130 cm³/mol. The first-order valence-corrected chi connectivity index (χ1v) is 11.6. The van der Waals surface area contributed by atoms with E-state index in [1.165, 1.54) is 4.90 Å². The van der Waals surface area contributed by atoms with Crippen molar-refractivity contribution in [1.29, 1.82) is 0 Å². The molecule has 32 heavy (non-hydrogen) atoms. The number of benzene rings is 3. The van der Waals surface area contributed by atoms with Crippen molar-refractivity contribution in [3.8, 4) is 11.5 Å². The normalized spacial score (nSPS) is 14.8. The van der Waals surface area contributed by atoms with Crippen LogP contribution < -0.4 is 9.47 Å². The van der Waals surface area contributed by atoms with Gasteiger partial charge in [-0.3, -0.25) is 14.5 Å². The number of para-hydroxylation sites is 2. The number of carbonyl (C=O) groups is 2. The number of rotatable bonds is 8. The lowest BCUT2D eigenvalue weighted by atomic mass is 10.1. The van der Waals surface area contributed by atoms with E-state index in [0.717, 1.165) is 33.1 Å². The molecule has 0 aliphatic carbocycles. The Kier molecular flexibility index (Phi) is 7.29. The maximum absolute atomic E-state index is 12.9. The zero-order chi connectivity index (χ0) is 22.3. The summed E-state index contributed by atoms with van der Waals surface area (Å²) in [6, 6.07) is 24.5. The van der Waals surface area contributed by atoms with Crippen molar-refractivity contribution in [2.75, 3.05) is 13.2 Å². The highest BCUT2D eigenvalue weighted by Gasteiger charge is 2.35. The van der Waals surface area contributed by atoms with Gasteiger partial charge in [-0.25, -0.2) is 0 Å². The van der Waals surface area contributed by atoms with Gasteiger partial charge in [-0.1, -0.05) is 64.5 Å².